The largest absolute Gasteiger partial charge is 0.478 e. The van der Waals surface area contributed by atoms with Crippen molar-refractivity contribution in [3.8, 4) is 11.1 Å². The maximum absolute atomic E-state index is 11.4. The van der Waals surface area contributed by atoms with Gasteiger partial charge in [-0.05, 0) is 29.7 Å². The van der Waals surface area contributed by atoms with E-state index < -0.39 is 11.9 Å². The molecule has 0 heterocycles. The summed E-state index contributed by atoms with van der Waals surface area (Å²) < 4.78 is 0. The van der Waals surface area contributed by atoms with Gasteiger partial charge in [-0.2, -0.15) is 0 Å². The minimum absolute atomic E-state index is 0.0112. The van der Waals surface area contributed by atoms with Crippen LogP contribution in [0.4, 0.5) is 0 Å². The summed E-state index contributed by atoms with van der Waals surface area (Å²) in [5.41, 5.74) is 1.58. The highest BCUT2D eigenvalue weighted by atomic mass is 16.4. The molecule has 0 aliphatic rings. The van der Waals surface area contributed by atoms with Crippen LogP contribution in [0.3, 0.4) is 0 Å². The van der Waals surface area contributed by atoms with E-state index in [1.54, 1.807) is 24.3 Å². The lowest BCUT2D eigenvalue weighted by atomic mass is 9.92. The van der Waals surface area contributed by atoms with Crippen LogP contribution in [-0.4, -0.2) is 22.2 Å². The van der Waals surface area contributed by atoms with Crippen molar-refractivity contribution in [2.24, 2.45) is 0 Å². The lowest BCUT2D eigenvalue weighted by Gasteiger charge is -2.11. The van der Waals surface area contributed by atoms with Crippen LogP contribution in [0.25, 0.3) is 11.1 Å². The number of aromatic carboxylic acids is 2. The zero-order chi connectivity index (χ0) is 14.0. The summed E-state index contributed by atoms with van der Waals surface area (Å²) in [7, 11) is 0. The third kappa shape index (κ3) is 2.33. The van der Waals surface area contributed by atoms with Crippen molar-refractivity contribution < 1.29 is 19.8 Å². The first-order valence-electron chi connectivity index (χ1n) is 5.68. The standard InChI is InChI=1S/C15H12O4/c1-9-11(14(16)17)7-8-12(13(9)15(18)19)10-5-3-2-4-6-10/h2-8H,1H3,(H,16,17)(H,18,19). The Morgan fingerprint density at radius 3 is 2.05 bits per heavy atom. The third-order valence-electron chi connectivity index (χ3n) is 2.99. The molecule has 2 aromatic carbocycles. The van der Waals surface area contributed by atoms with E-state index in [0.29, 0.717) is 5.56 Å². The summed E-state index contributed by atoms with van der Waals surface area (Å²) in [5, 5.41) is 18.4. The molecule has 0 atom stereocenters. The summed E-state index contributed by atoms with van der Waals surface area (Å²) in [6.45, 7) is 1.51. The van der Waals surface area contributed by atoms with Gasteiger partial charge in [0.05, 0.1) is 11.1 Å². The maximum Gasteiger partial charge on any atom is 0.336 e. The Bertz CT molecular complexity index is 645. The molecule has 0 saturated carbocycles. The molecule has 0 bridgehead atoms. The Balaban J connectivity index is 2.73. The fourth-order valence-electron chi connectivity index (χ4n) is 2.08. The maximum atomic E-state index is 11.4. The second-order valence-electron chi connectivity index (χ2n) is 4.14. The van der Waals surface area contributed by atoms with Gasteiger partial charge in [0.1, 0.15) is 0 Å². The topological polar surface area (TPSA) is 74.6 Å². The molecule has 0 aliphatic heterocycles. The number of benzene rings is 2. The van der Waals surface area contributed by atoms with Crippen molar-refractivity contribution in [1.82, 2.24) is 0 Å². The molecule has 0 spiro atoms. The van der Waals surface area contributed by atoms with Crippen LogP contribution in [0.1, 0.15) is 26.3 Å². The molecular formula is C15H12O4. The average Bonchev–Trinajstić information content (AvgIpc) is 2.38. The lowest BCUT2D eigenvalue weighted by Crippen LogP contribution is -2.09. The smallest absolute Gasteiger partial charge is 0.336 e. The lowest BCUT2D eigenvalue weighted by molar-refractivity contribution is 0.0696. The minimum Gasteiger partial charge on any atom is -0.478 e. The van der Waals surface area contributed by atoms with Crippen LogP contribution >= 0.6 is 0 Å². The van der Waals surface area contributed by atoms with Crippen molar-refractivity contribution in [1.29, 1.82) is 0 Å². The number of carbonyl (C=O) groups is 2. The second kappa shape index (κ2) is 4.94. The van der Waals surface area contributed by atoms with Gasteiger partial charge in [-0.3, -0.25) is 0 Å². The van der Waals surface area contributed by atoms with Crippen LogP contribution in [0.2, 0.25) is 0 Å². The summed E-state index contributed by atoms with van der Waals surface area (Å²) in [5.74, 6) is -2.25. The molecule has 0 radical (unpaired) electrons. The van der Waals surface area contributed by atoms with Crippen LogP contribution in [0, 0.1) is 6.92 Å². The van der Waals surface area contributed by atoms with Crippen molar-refractivity contribution in [3.63, 3.8) is 0 Å². The molecule has 0 aromatic heterocycles. The second-order valence-corrected chi connectivity index (χ2v) is 4.14. The summed E-state index contributed by atoms with van der Waals surface area (Å²) >= 11 is 0. The molecule has 0 saturated heterocycles. The van der Waals surface area contributed by atoms with Gasteiger partial charge in [-0.1, -0.05) is 36.4 Å². The molecule has 0 aliphatic carbocycles. The number of carboxylic acid groups (broad SMARTS) is 2. The Hall–Kier alpha value is -2.62. The van der Waals surface area contributed by atoms with Gasteiger partial charge >= 0.3 is 11.9 Å². The molecule has 2 N–H and O–H groups in total. The SMILES string of the molecule is Cc1c(C(=O)O)ccc(-c2ccccc2)c1C(=O)O. The van der Waals surface area contributed by atoms with Crippen LogP contribution in [0.5, 0.6) is 0 Å². The summed E-state index contributed by atoms with van der Waals surface area (Å²) in [6, 6.07) is 12.0. The van der Waals surface area contributed by atoms with Crippen molar-refractivity contribution in [2.45, 2.75) is 6.92 Å². The molecule has 19 heavy (non-hydrogen) atoms. The molecule has 0 unspecified atom stereocenters. The predicted octanol–water partition coefficient (Wildman–Crippen LogP) is 3.06. The summed E-state index contributed by atoms with van der Waals surface area (Å²) in [6.07, 6.45) is 0. The number of hydrogen-bond donors (Lipinski definition) is 2. The van der Waals surface area contributed by atoms with E-state index >= 15 is 0 Å². The van der Waals surface area contributed by atoms with Gasteiger partial charge in [0, 0.05) is 0 Å². The van der Waals surface area contributed by atoms with Crippen LogP contribution < -0.4 is 0 Å². The fourth-order valence-corrected chi connectivity index (χ4v) is 2.08. The minimum atomic E-state index is -1.13. The van der Waals surface area contributed by atoms with Gasteiger partial charge in [-0.15, -0.1) is 0 Å². The van der Waals surface area contributed by atoms with Crippen molar-refractivity contribution >= 4 is 11.9 Å². The highest BCUT2D eigenvalue weighted by molar-refractivity contribution is 6.02. The monoisotopic (exact) mass is 256 g/mol. The zero-order valence-electron chi connectivity index (χ0n) is 10.3. The number of rotatable bonds is 3. The summed E-state index contributed by atoms with van der Waals surface area (Å²) in [4.78, 5) is 22.4. The van der Waals surface area contributed by atoms with E-state index in [1.165, 1.54) is 19.1 Å². The van der Waals surface area contributed by atoms with Gasteiger partial charge < -0.3 is 10.2 Å². The van der Waals surface area contributed by atoms with Crippen LogP contribution in [-0.2, 0) is 0 Å². The number of hydrogen-bond acceptors (Lipinski definition) is 2. The first-order valence-corrected chi connectivity index (χ1v) is 5.68. The fraction of sp³-hybridized carbons (Fsp3) is 0.0667. The Labute approximate surface area is 109 Å². The van der Waals surface area contributed by atoms with Gasteiger partial charge in [-0.25, -0.2) is 9.59 Å². The molecule has 4 nitrogen and oxygen atoms in total. The van der Waals surface area contributed by atoms with Crippen LogP contribution in [0.15, 0.2) is 42.5 Å². The van der Waals surface area contributed by atoms with E-state index in [2.05, 4.69) is 0 Å². The van der Waals surface area contributed by atoms with Gasteiger partial charge in [0.2, 0.25) is 0 Å². The average molecular weight is 256 g/mol. The van der Waals surface area contributed by atoms with E-state index in [4.69, 9.17) is 5.11 Å². The number of carboxylic acids is 2. The van der Waals surface area contributed by atoms with E-state index in [9.17, 15) is 14.7 Å². The normalized spacial score (nSPS) is 10.2. The Kier molecular flexibility index (Phi) is 3.33. The highest BCUT2D eigenvalue weighted by Gasteiger charge is 2.19. The Morgan fingerprint density at radius 1 is 0.895 bits per heavy atom. The molecule has 0 fully saturated rings. The van der Waals surface area contributed by atoms with Gasteiger partial charge in [0.15, 0.2) is 0 Å². The van der Waals surface area contributed by atoms with Gasteiger partial charge in [0.25, 0.3) is 0 Å². The quantitative estimate of drug-likeness (QED) is 0.885. The highest BCUT2D eigenvalue weighted by Crippen LogP contribution is 2.28. The van der Waals surface area contributed by atoms with E-state index in [-0.39, 0.29) is 16.7 Å². The first-order chi connectivity index (χ1) is 9.02. The molecule has 2 rings (SSSR count). The molecule has 4 heteroatoms. The third-order valence-corrected chi connectivity index (χ3v) is 2.99. The molecule has 2 aromatic rings. The Morgan fingerprint density at radius 2 is 1.53 bits per heavy atom. The van der Waals surface area contributed by atoms with E-state index in [0.717, 1.165) is 5.56 Å². The van der Waals surface area contributed by atoms with Crippen molar-refractivity contribution in [3.05, 3.63) is 59.2 Å². The molecular weight excluding hydrogens is 244 g/mol. The molecule has 0 amide bonds. The predicted molar refractivity (Wildman–Crippen MR) is 70.5 cm³/mol. The molecule has 96 valence electrons. The first kappa shape index (κ1) is 12.8. The van der Waals surface area contributed by atoms with E-state index in [1.807, 2.05) is 6.07 Å². The van der Waals surface area contributed by atoms with Crippen molar-refractivity contribution in [2.75, 3.05) is 0 Å². The zero-order valence-corrected chi connectivity index (χ0v) is 10.3.